The maximum Gasteiger partial charge on any atom is 0.0823 e. The molecule has 1 aromatic carbocycles. The summed E-state index contributed by atoms with van der Waals surface area (Å²) >= 11 is 0. The fraction of sp³-hybridized carbons (Fsp3) is 0.500. The van der Waals surface area contributed by atoms with Gasteiger partial charge in [-0.25, -0.2) is 0 Å². The third-order valence-corrected chi connectivity index (χ3v) is 5.33. The van der Waals surface area contributed by atoms with E-state index in [2.05, 4.69) is 77.0 Å². The standard InChI is InChI=1S/C22H32Si/c1-8-9-14-21(23(5,6)7)16-15-19-12-10-11-13-20(19)17-18-22(2,3)4/h10-13,15H,8-9,14H2,1-7H3/i14D. The van der Waals surface area contributed by atoms with Crippen molar-refractivity contribution in [3.8, 4) is 11.8 Å². The highest BCUT2D eigenvalue weighted by atomic mass is 28.3. The molecule has 0 spiro atoms. The van der Waals surface area contributed by atoms with Crippen LogP contribution in [0.5, 0.6) is 0 Å². The topological polar surface area (TPSA) is 0 Å². The molecule has 1 heteroatoms. The van der Waals surface area contributed by atoms with Crippen molar-refractivity contribution in [2.75, 3.05) is 0 Å². The summed E-state index contributed by atoms with van der Waals surface area (Å²) < 4.78 is 8.45. The minimum atomic E-state index is -1.56. The lowest BCUT2D eigenvalue weighted by Gasteiger charge is -2.18. The van der Waals surface area contributed by atoms with Gasteiger partial charge >= 0.3 is 0 Å². The summed E-state index contributed by atoms with van der Waals surface area (Å²) in [6.07, 6.45) is 3.85. The average Bonchev–Trinajstić information content (AvgIpc) is 2.44. The second-order valence-electron chi connectivity index (χ2n) is 8.03. The fourth-order valence-corrected chi connectivity index (χ4v) is 3.28. The molecule has 0 aliphatic rings. The summed E-state index contributed by atoms with van der Waals surface area (Å²) in [4.78, 5) is 0. The Labute approximate surface area is 146 Å². The summed E-state index contributed by atoms with van der Waals surface area (Å²) in [5, 5.41) is 1.20. The van der Waals surface area contributed by atoms with Gasteiger partial charge in [-0.15, -0.1) is 5.73 Å². The van der Waals surface area contributed by atoms with Gasteiger partial charge in [-0.2, -0.15) is 0 Å². The van der Waals surface area contributed by atoms with Crippen LogP contribution in [0, 0.1) is 17.3 Å². The zero-order chi connectivity index (χ0) is 18.4. The quantitative estimate of drug-likeness (QED) is 0.321. The van der Waals surface area contributed by atoms with Gasteiger partial charge in [-0.3, -0.25) is 0 Å². The van der Waals surface area contributed by atoms with Crippen LogP contribution >= 0.6 is 0 Å². The molecule has 0 N–H and O–H groups in total. The highest BCUT2D eigenvalue weighted by molar-refractivity contribution is 6.83. The molecule has 0 aromatic heterocycles. The minimum Gasteiger partial charge on any atom is -0.125 e. The van der Waals surface area contributed by atoms with Crippen LogP contribution in [-0.2, 0) is 0 Å². The summed E-state index contributed by atoms with van der Waals surface area (Å²) in [6.45, 7) is 15.4. The van der Waals surface area contributed by atoms with E-state index in [-0.39, 0.29) is 11.8 Å². The minimum absolute atomic E-state index is 0.0104. The molecule has 0 fully saturated rings. The summed E-state index contributed by atoms with van der Waals surface area (Å²) in [6, 6.07) is 8.21. The fourth-order valence-electron chi connectivity index (χ4n) is 2.02. The maximum atomic E-state index is 8.45. The van der Waals surface area contributed by atoms with Gasteiger partial charge in [0.2, 0.25) is 0 Å². The summed E-state index contributed by atoms with van der Waals surface area (Å²) in [5.74, 6) is 6.61. The molecule has 0 aliphatic heterocycles. The van der Waals surface area contributed by atoms with E-state index in [4.69, 9.17) is 1.37 Å². The summed E-state index contributed by atoms with van der Waals surface area (Å²) in [7, 11) is -1.56. The van der Waals surface area contributed by atoms with Crippen molar-refractivity contribution >= 4 is 14.1 Å². The van der Waals surface area contributed by atoms with E-state index in [0.29, 0.717) is 0 Å². The van der Waals surface area contributed by atoms with Gasteiger partial charge in [-0.05, 0) is 56.5 Å². The van der Waals surface area contributed by atoms with Crippen molar-refractivity contribution in [2.45, 2.75) is 66.6 Å². The van der Waals surface area contributed by atoms with Gasteiger partial charge < -0.3 is 0 Å². The van der Waals surface area contributed by atoms with E-state index in [9.17, 15) is 0 Å². The molecule has 0 heterocycles. The van der Waals surface area contributed by atoms with E-state index in [1.54, 1.807) is 0 Å². The number of hydrogen-bond donors (Lipinski definition) is 0. The molecule has 0 saturated heterocycles. The molecule has 0 saturated carbocycles. The lowest BCUT2D eigenvalue weighted by Crippen LogP contribution is -2.23. The van der Waals surface area contributed by atoms with Crippen LogP contribution < -0.4 is 0 Å². The van der Waals surface area contributed by atoms with Crippen LogP contribution in [0.15, 0.2) is 35.2 Å². The third-order valence-electron chi connectivity index (χ3n) is 3.36. The second kappa shape index (κ2) is 8.39. The monoisotopic (exact) mass is 325 g/mol. The smallest absolute Gasteiger partial charge is 0.0823 e. The van der Waals surface area contributed by atoms with Crippen LogP contribution in [0.1, 0.15) is 59.4 Å². The largest absolute Gasteiger partial charge is 0.125 e. The van der Waals surface area contributed by atoms with Crippen molar-refractivity contribution in [2.24, 2.45) is 5.41 Å². The number of hydrogen-bond acceptors (Lipinski definition) is 0. The van der Waals surface area contributed by atoms with Gasteiger partial charge in [0.05, 0.1) is 8.07 Å². The molecule has 1 aromatic rings. The molecule has 0 amide bonds. The van der Waals surface area contributed by atoms with Gasteiger partial charge in [-0.1, -0.05) is 63.0 Å². The van der Waals surface area contributed by atoms with Crippen molar-refractivity contribution in [3.63, 3.8) is 0 Å². The zero-order valence-electron chi connectivity index (χ0n) is 16.9. The molecule has 1 rings (SSSR count). The molecule has 0 nitrogen and oxygen atoms in total. The van der Waals surface area contributed by atoms with Crippen LogP contribution in [-0.4, -0.2) is 8.07 Å². The van der Waals surface area contributed by atoms with Crippen LogP contribution in [0.2, 0.25) is 19.6 Å². The van der Waals surface area contributed by atoms with Crippen molar-refractivity contribution in [1.29, 1.82) is 0 Å². The predicted octanol–water partition coefficient (Wildman–Crippen LogP) is 6.69. The van der Waals surface area contributed by atoms with Gasteiger partial charge in [0.1, 0.15) is 0 Å². The first kappa shape index (κ1) is 17.9. The Kier molecular flexibility index (Phi) is 6.52. The van der Waals surface area contributed by atoms with Crippen LogP contribution in [0.25, 0.3) is 6.08 Å². The van der Waals surface area contributed by atoms with Gasteiger partial charge in [0.15, 0.2) is 0 Å². The lowest BCUT2D eigenvalue weighted by molar-refractivity contribution is 0.571. The highest BCUT2D eigenvalue weighted by Crippen LogP contribution is 2.20. The Morgan fingerprint density at radius 3 is 2.43 bits per heavy atom. The van der Waals surface area contributed by atoms with E-state index in [0.717, 1.165) is 24.0 Å². The lowest BCUT2D eigenvalue weighted by atomic mass is 9.96. The first-order chi connectivity index (χ1) is 11.0. The van der Waals surface area contributed by atoms with Crippen molar-refractivity contribution < 1.29 is 1.37 Å². The predicted molar refractivity (Wildman–Crippen MR) is 107 cm³/mol. The van der Waals surface area contributed by atoms with Gasteiger partial charge in [0.25, 0.3) is 0 Å². The van der Waals surface area contributed by atoms with Crippen LogP contribution in [0.4, 0.5) is 0 Å². The molecule has 23 heavy (non-hydrogen) atoms. The van der Waals surface area contributed by atoms with E-state index < -0.39 is 8.07 Å². The van der Waals surface area contributed by atoms with Crippen molar-refractivity contribution in [3.05, 3.63) is 46.3 Å². The van der Waals surface area contributed by atoms with E-state index in [1.807, 2.05) is 18.2 Å². The Bertz CT molecular complexity index is 668. The third kappa shape index (κ3) is 7.55. The Morgan fingerprint density at radius 1 is 1.22 bits per heavy atom. The first-order valence-electron chi connectivity index (χ1n) is 9.14. The highest BCUT2D eigenvalue weighted by Gasteiger charge is 2.18. The van der Waals surface area contributed by atoms with E-state index >= 15 is 0 Å². The van der Waals surface area contributed by atoms with Crippen molar-refractivity contribution in [1.82, 2.24) is 0 Å². The number of rotatable bonds is 5. The molecular weight excluding hydrogens is 292 g/mol. The molecule has 124 valence electrons. The maximum absolute atomic E-state index is 8.45. The Hall–Kier alpha value is -1.48. The Morgan fingerprint density at radius 2 is 1.87 bits per heavy atom. The molecule has 1 unspecified atom stereocenters. The molecule has 0 aliphatic carbocycles. The number of benzene rings is 1. The second-order valence-corrected chi connectivity index (χ2v) is 13.1. The molecular formula is C22H32Si. The average molecular weight is 326 g/mol. The number of allylic oxidation sites excluding steroid dienone is 1. The van der Waals surface area contributed by atoms with Gasteiger partial charge in [0, 0.05) is 12.3 Å². The molecule has 0 radical (unpaired) electrons. The molecule has 1 atom stereocenters. The van der Waals surface area contributed by atoms with Crippen LogP contribution in [0.3, 0.4) is 0 Å². The van der Waals surface area contributed by atoms with E-state index in [1.165, 1.54) is 5.20 Å². The summed E-state index contributed by atoms with van der Waals surface area (Å²) in [5.41, 5.74) is 5.61. The SMILES string of the molecule is [2H]C(CCC)C(=C=Cc1ccccc1C#CC(C)(C)C)[Si](C)(C)C. The normalized spacial score (nSPS) is 13.3. The first-order valence-corrected chi connectivity index (χ1v) is 12.1. The molecule has 0 bridgehead atoms. The zero-order valence-corrected chi connectivity index (χ0v) is 16.9. The Balaban J connectivity index is 3.34.